The maximum atomic E-state index is 11.9. The van der Waals surface area contributed by atoms with Gasteiger partial charge >= 0.3 is 5.97 Å². The number of carboxylic acid groups (broad SMARTS) is 1. The summed E-state index contributed by atoms with van der Waals surface area (Å²) in [6.07, 6.45) is 5.57. The van der Waals surface area contributed by atoms with Crippen LogP contribution in [0.2, 0.25) is 0 Å². The Morgan fingerprint density at radius 2 is 1.88 bits per heavy atom. The van der Waals surface area contributed by atoms with E-state index in [2.05, 4.69) is 12.2 Å². The first kappa shape index (κ1) is 19.2. The van der Waals surface area contributed by atoms with Crippen LogP contribution in [0.3, 0.4) is 0 Å². The largest absolute Gasteiger partial charge is 0.482 e. The van der Waals surface area contributed by atoms with E-state index in [-0.39, 0.29) is 25.2 Å². The molecule has 0 aliphatic heterocycles. The van der Waals surface area contributed by atoms with E-state index in [1.165, 1.54) is 19.3 Å². The zero-order chi connectivity index (χ0) is 18.1. The molecule has 0 aromatic heterocycles. The first-order chi connectivity index (χ1) is 12.0. The number of amides is 1. The topological polar surface area (TPSA) is 84.9 Å². The van der Waals surface area contributed by atoms with Crippen LogP contribution in [0.5, 0.6) is 5.75 Å². The van der Waals surface area contributed by atoms with Gasteiger partial charge in [0, 0.05) is 6.54 Å². The summed E-state index contributed by atoms with van der Waals surface area (Å²) in [4.78, 5) is 22.3. The van der Waals surface area contributed by atoms with Gasteiger partial charge in [-0.25, -0.2) is 4.79 Å². The van der Waals surface area contributed by atoms with Crippen molar-refractivity contribution in [1.29, 1.82) is 0 Å². The van der Waals surface area contributed by atoms with Crippen LogP contribution in [0.25, 0.3) is 0 Å². The van der Waals surface area contributed by atoms with Crippen LogP contribution < -0.4 is 10.1 Å². The Hall–Kier alpha value is -2.08. The molecule has 0 heterocycles. The van der Waals surface area contributed by atoms with Crippen molar-refractivity contribution in [2.75, 3.05) is 19.8 Å². The van der Waals surface area contributed by atoms with E-state index in [4.69, 9.17) is 14.6 Å². The van der Waals surface area contributed by atoms with Crippen LogP contribution in [0, 0.1) is 5.92 Å². The molecule has 1 aromatic rings. The minimum absolute atomic E-state index is 0.0841. The summed E-state index contributed by atoms with van der Waals surface area (Å²) in [5, 5.41) is 11.4. The molecule has 2 rings (SSSR count). The Morgan fingerprint density at radius 1 is 1.16 bits per heavy atom. The van der Waals surface area contributed by atoms with Crippen molar-refractivity contribution in [2.24, 2.45) is 5.92 Å². The predicted molar refractivity (Wildman–Crippen MR) is 93.7 cm³/mol. The van der Waals surface area contributed by atoms with E-state index < -0.39 is 5.97 Å². The number of carbonyl (C=O) groups excluding carboxylic acids is 1. The van der Waals surface area contributed by atoms with Gasteiger partial charge < -0.3 is 19.9 Å². The fourth-order valence-corrected chi connectivity index (χ4v) is 3.01. The molecule has 138 valence electrons. The van der Waals surface area contributed by atoms with Crippen molar-refractivity contribution in [3.05, 3.63) is 29.8 Å². The summed E-state index contributed by atoms with van der Waals surface area (Å²) in [5.41, 5.74) is 1.05. The number of benzene rings is 1. The number of aliphatic carboxylic acids is 1. The average Bonchev–Trinajstić information content (AvgIpc) is 2.60. The molecule has 25 heavy (non-hydrogen) atoms. The summed E-state index contributed by atoms with van der Waals surface area (Å²) >= 11 is 0. The minimum Gasteiger partial charge on any atom is -0.482 e. The van der Waals surface area contributed by atoms with Crippen molar-refractivity contribution < 1.29 is 24.2 Å². The van der Waals surface area contributed by atoms with Crippen molar-refractivity contribution >= 4 is 11.9 Å². The molecule has 1 amide bonds. The Morgan fingerprint density at radius 3 is 2.56 bits per heavy atom. The van der Waals surface area contributed by atoms with Gasteiger partial charge in [0.2, 0.25) is 5.91 Å². The normalized spacial score (nSPS) is 20.0. The van der Waals surface area contributed by atoms with E-state index >= 15 is 0 Å². The zero-order valence-electron chi connectivity index (χ0n) is 14.7. The highest BCUT2D eigenvalue weighted by Crippen LogP contribution is 2.26. The molecule has 2 N–H and O–H groups in total. The molecule has 0 bridgehead atoms. The van der Waals surface area contributed by atoms with Crippen molar-refractivity contribution in [3.63, 3.8) is 0 Å². The SMILES string of the molecule is CC1CCCCC1OCC(=O)NCCc1ccc(OCC(=O)O)cc1. The second-order valence-electron chi connectivity index (χ2n) is 6.54. The number of ether oxygens (including phenoxy) is 2. The first-order valence-corrected chi connectivity index (χ1v) is 8.86. The highest BCUT2D eigenvalue weighted by atomic mass is 16.5. The lowest BCUT2D eigenvalue weighted by atomic mass is 9.88. The van der Waals surface area contributed by atoms with Gasteiger partial charge in [0.25, 0.3) is 0 Å². The monoisotopic (exact) mass is 349 g/mol. The molecule has 0 radical (unpaired) electrons. The van der Waals surface area contributed by atoms with Gasteiger partial charge in [0.15, 0.2) is 6.61 Å². The van der Waals surface area contributed by atoms with E-state index in [1.807, 2.05) is 12.1 Å². The number of nitrogens with one attached hydrogen (secondary N) is 1. The number of rotatable bonds is 9. The van der Waals surface area contributed by atoms with E-state index in [1.54, 1.807) is 12.1 Å². The number of carboxylic acids is 1. The molecule has 2 atom stereocenters. The van der Waals surface area contributed by atoms with Gasteiger partial charge in [0.1, 0.15) is 12.4 Å². The van der Waals surface area contributed by atoms with E-state index in [0.29, 0.717) is 24.6 Å². The molecular weight excluding hydrogens is 322 g/mol. The highest BCUT2D eigenvalue weighted by Gasteiger charge is 2.22. The van der Waals surface area contributed by atoms with Crippen LogP contribution in [-0.2, 0) is 20.7 Å². The average molecular weight is 349 g/mol. The maximum Gasteiger partial charge on any atom is 0.341 e. The molecule has 2 unspecified atom stereocenters. The Balaban J connectivity index is 1.62. The smallest absolute Gasteiger partial charge is 0.341 e. The van der Waals surface area contributed by atoms with Gasteiger partial charge in [-0.3, -0.25) is 4.79 Å². The summed E-state index contributed by atoms with van der Waals surface area (Å²) in [6.45, 7) is 2.50. The van der Waals surface area contributed by atoms with Crippen molar-refractivity contribution in [2.45, 2.75) is 45.1 Å². The second kappa shape index (κ2) is 10.0. The Kier molecular flexibility index (Phi) is 7.73. The third-order valence-electron chi connectivity index (χ3n) is 4.48. The summed E-state index contributed by atoms with van der Waals surface area (Å²) in [5.74, 6) is -0.0376. The number of hydrogen-bond acceptors (Lipinski definition) is 4. The van der Waals surface area contributed by atoms with Gasteiger partial charge in [-0.05, 0) is 42.9 Å². The summed E-state index contributed by atoms with van der Waals surface area (Å²) < 4.78 is 10.8. The predicted octanol–water partition coefficient (Wildman–Crippen LogP) is 2.40. The van der Waals surface area contributed by atoms with Gasteiger partial charge in [0.05, 0.1) is 6.10 Å². The fourth-order valence-electron chi connectivity index (χ4n) is 3.01. The summed E-state index contributed by atoms with van der Waals surface area (Å²) in [7, 11) is 0. The number of hydrogen-bond donors (Lipinski definition) is 2. The van der Waals surface area contributed by atoms with Crippen molar-refractivity contribution in [1.82, 2.24) is 5.32 Å². The lowest BCUT2D eigenvalue weighted by molar-refractivity contribution is -0.139. The lowest BCUT2D eigenvalue weighted by Crippen LogP contribution is -2.34. The van der Waals surface area contributed by atoms with Gasteiger partial charge in [-0.1, -0.05) is 31.9 Å². The third-order valence-corrected chi connectivity index (χ3v) is 4.48. The molecular formula is C19H27NO5. The number of carbonyl (C=O) groups is 2. The van der Waals surface area contributed by atoms with Crippen molar-refractivity contribution in [3.8, 4) is 5.75 Å². The standard InChI is InChI=1S/C19H27NO5/c1-14-4-2-3-5-17(14)25-12-18(21)20-11-10-15-6-8-16(9-7-15)24-13-19(22)23/h6-9,14,17H,2-5,10-13H2,1H3,(H,20,21)(H,22,23). The molecule has 1 aliphatic carbocycles. The molecule has 1 saturated carbocycles. The van der Waals surface area contributed by atoms with Crippen LogP contribution in [0.15, 0.2) is 24.3 Å². The Labute approximate surface area is 148 Å². The molecule has 6 heteroatoms. The third kappa shape index (κ3) is 7.13. The molecule has 0 spiro atoms. The molecule has 1 aromatic carbocycles. The van der Waals surface area contributed by atoms with E-state index in [9.17, 15) is 9.59 Å². The summed E-state index contributed by atoms with van der Waals surface area (Å²) in [6, 6.07) is 7.19. The molecule has 0 saturated heterocycles. The van der Waals surface area contributed by atoms with Crippen LogP contribution in [0.4, 0.5) is 0 Å². The van der Waals surface area contributed by atoms with Crippen LogP contribution in [0.1, 0.15) is 38.2 Å². The maximum absolute atomic E-state index is 11.9. The first-order valence-electron chi connectivity index (χ1n) is 8.86. The van der Waals surface area contributed by atoms with Gasteiger partial charge in [-0.2, -0.15) is 0 Å². The Bertz CT molecular complexity index is 557. The fraction of sp³-hybridized carbons (Fsp3) is 0.579. The van der Waals surface area contributed by atoms with Crippen LogP contribution in [-0.4, -0.2) is 42.8 Å². The second-order valence-corrected chi connectivity index (χ2v) is 6.54. The van der Waals surface area contributed by atoms with Gasteiger partial charge in [-0.15, -0.1) is 0 Å². The minimum atomic E-state index is -1.00. The van der Waals surface area contributed by atoms with E-state index in [0.717, 1.165) is 12.0 Å². The highest BCUT2D eigenvalue weighted by molar-refractivity contribution is 5.77. The zero-order valence-corrected chi connectivity index (χ0v) is 14.7. The molecule has 1 aliphatic rings. The lowest BCUT2D eigenvalue weighted by Gasteiger charge is -2.28. The quantitative estimate of drug-likeness (QED) is 0.715. The molecule has 1 fully saturated rings. The van der Waals surface area contributed by atoms with Crippen LogP contribution >= 0.6 is 0 Å². The molecule has 6 nitrogen and oxygen atoms in total.